The Morgan fingerprint density at radius 1 is 0.857 bits per heavy atom. The molecule has 142 valence electrons. The van der Waals surface area contributed by atoms with Crippen molar-refractivity contribution in [3.63, 3.8) is 0 Å². The molecule has 5 nitrogen and oxygen atoms in total. The van der Waals surface area contributed by atoms with Crippen LogP contribution in [0, 0.1) is 0 Å². The van der Waals surface area contributed by atoms with Crippen LogP contribution >= 0.6 is 0 Å². The average Bonchev–Trinajstić information content (AvgIpc) is 3.17. The number of aromatic nitrogens is 2. The molecule has 1 fully saturated rings. The van der Waals surface area contributed by atoms with Gasteiger partial charge in [-0.3, -0.25) is 0 Å². The fraction of sp³-hybridized carbons (Fsp3) is 0.227. The third-order valence-electron chi connectivity index (χ3n) is 5.67. The highest BCUT2D eigenvalue weighted by atomic mass is 32.2. The third-order valence-corrected chi connectivity index (χ3v) is 7.62. The van der Waals surface area contributed by atoms with E-state index in [-0.39, 0.29) is 6.04 Å². The summed E-state index contributed by atoms with van der Waals surface area (Å²) in [6.07, 6.45) is 3.44. The highest BCUT2D eigenvalue weighted by molar-refractivity contribution is 7.89. The van der Waals surface area contributed by atoms with Gasteiger partial charge in [-0.2, -0.15) is 4.31 Å². The Hall–Kier alpha value is -2.70. The van der Waals surface area contributed by atoms with Gasteiger partial charge >= 0.3 is 0 Å². The van der Waals surface area contributed by atoms with E-state index in [0.29, 0.717) is 18.0 Å². The van der Waals surface area contributed by atoms with Crippen LogP contribution in [0.5, 0.6) is 0 Å². The molecular weight excluding hydrogens is 370 g/mol. The molecule has 0 atom stereocenters. The van der Waals surface area contributed by atoms with Crippen molar-refractivity contribution in [2.24, 2.45) is 0 Å². The van der Waals surface area contributed by atoms with Crippen LogP contribution in [0.4, 0.5) is 0 Å². The molecule has 4 aromatic rings. The summed E-state index contributed by atoms with van der Waals surface area (Å²) in [5.74, 6) is 0. The molecule has 1 saturated heterocycles. The lowest BCUT2D eigenvalue weighted by molar-refractivity contribution is 0.277. The van der Waals surface area contributed by atoms with Crippen LogP contribution in [0.2, 0.25) is 0 Å². The minimum absolute atomic E-state index is 0.270. The van der Waals surface area contributed by atoms with Crippen molar-refractivity contribution in [1.82, 2.24) is 13.9 Å². The Kier molecular flexibility index (Phi) is 4.18. The number of hydrogen-bond acceptors (Lipinski definition) is 3. The first-order valence-electron chi connectivity index (χ1n) is 9.54. The van der Waals surface area contributed by atoms with Crippen LogP contribution in [0.1, 0.15) is 18.9 Å². The molecule has 1 aliphatic heterocycles. The van der Waals surface area contributed by atoms with E-state index in [0.717, 1.165) is 34.6 Å². The minimum Gasteiger partial charge on any atom is -0.327 e. The highest BCUT2D eigenvalue weighted by Crippen LogP contribution is 2.31. The van der Waals surface area contributed by atoms with Crippen LogP contribution in [-0.4, -0.2) is 35.4 Å². The Labute approximate surface area is 164 Å². The Balaban J connectivity index is 1.42. The quantitative estimate of drug-likeness (QED) is 0.526. The molecule has 2 heterocycles. The lowest BCUT2D eigenvalue weighted by Gasteiger charge is -2.32. The lowest BCUT2D eigenvalue weighted by Crippen LogP contribution is -2.39. The zero-order valence-electron chi connectivity index (χ0n) is 15.4. The molecular formula is C22H21N3O2S. The zero-order valence-corrected chi connectivity index (χ0v) is 16.2. The summed E-state index contributed by atoms with van der Waals surface area (Å²) in [6.45, 7) is 1.03. The maximum atomic E-state index is 13.3. The first-order chi connectivity index (χ1) is 13.6. The molecule has 5 rings (SSSR count). The third kappa shape index (κ3) is 2.80. The van der Waals surface area contributed by atoms with Crippen molar-refractivity contribution in [1.29, 1.82) is 0 Å². The highest BCUT2D eigenvalue weighted by Gasteiger charge is 2.31. The van der Waals surface area contributed by atoms with Crippen molar-refractivity contribution in [3.8, 4) is 0 Å². The molecule has 0 aliphatic carbocycles. The molecule has 3 aromatic carbocycles. The summed E-state index contributed by atoms with van der Waals surface area (Å²) in [7, 11) is -3.51. The van der Waals surface area contributed by atoms with Crippen molar-refractivity contribution in [2.75, 3.05) is 13.1 Å². The molecule has 1 aromatic heterocycles. The standard InChI is InChI=1S/C22H21N3O2S/c26-28(27,22-11-5-7-17-6-1-2-8-19(17)22)24-14-12-18(13-15-24)25-16-23-20-9-3-4-10-21(20)25/h1-11,16,18H,12-15H2. The van der Waals surface area contributed by atoms with Gasteiger partial charge in [0.15, 0.2) is 0 Å². The van der Waals surface area contributed by atoms with Gasteiger partial charge in [-0.1, -0.05) is 48.5 Å². The maximum absolute atomic E-state index is 13.3. The molecule has 6 heteroatoms. The van der Waals surface area contributed by atoms with Crippen molar-refractivity contribution >= 4 is 31.8 Å². The van der Waals surface area contributed by atoms with Crippen molar-refractivity contribution < 1.29 is 8.42 Å². The normalized spacial score (nSPS) is 16.7. The number of sulfonamides is 1. The van der Waals surface area contributed by atoms with Crippen LogP contribution in [0.25, 0.3) is 21.8 Å². The van der Waals surface area contributed by atoms with Gasteiger partial charge in [0.2, 0.25) is 10.0 Å². The largest absolute Gasteiger partial charge is 0.327 e. The van der Waals surface area contributed by atoms with E-state index in [4.69, 9.17) is 0 Å². The first kappa shape index (κ1) is 17.4. The summed E-state index contributed by atoms with van der Waals surface area (Å²) in [6, 6.07) is 21.5. The van der Waals surface area contributed by atoms with Gasteiger partial charge in [-0.25, -0.2) is 13.4 Å². The van der Waals surface area contributed by atoms with E-state index >= 15 is 0 Å². The molecule has 1 aliphatic rings. The van der Waals surface area contributed by atoms with Crippen molar-refractivity contribution in [2.45, 2.75) is 23.8 Å². The predicted octanol–water partition coefficient (Wildman–Crippen LogP) is 4.22. The fourth-order valence-corrected chi connectivity index (χ4v) is 5.87. The predicted molar refractivity (Wildman–Crippen MR) is 111 cm³/mol. The van der Waals surface area contributed by atoms with Crippen LogP contribution in [0.15, 0.2) is 78.0 Å². The molecule has 0 bridgehead atoms. The Morgan fingerprint density at radius 3 is 2.43 bits per heavy atom. The lowest BCUT2D eigenvalue weighted by atomic mass is 10.1. The maximum Gasteiger partial charge on any atom is 0.243 e. The van der Waals surface area contributed by atoms with Gasteiger partial charge in [0.1, 0.15) is 0 Å². The Morgan fingerprint density at radius 2 is 1.57 bits per heavy atom. The minimum atomic E-state index is -3.51. The van der Waals surface area contributed by atoms with Crippen LogP contribution in [-0.2, 0) is 10.0 Å². The number of para-hydroxylation sites is 2. The number of benzene rings is 3. The monoisotopic (exact) mass is 391 g/mol. The van der Waals surface area contributed by atoms with Gasteiger partial charge in [0.25, 0.3) is 0 Å². The number of rotatable bonds is 3. The molecule has 0 radical (unpaired) electrons. The van der Waals surface area contributed by atoms with Crippen molar-refractivity contribution in [3.05, 3.63) is 73.1 Å². The molecule has 0 spiro atoms. The number of fused-ring (bicyclic) bond motifs is 2. The molecule has 0 saturated carbocycles. The van der Waals surface area contributed by atoms with Gasteiger partial charge in [0.05, 0.1) is 22.3 Å². The molecule has 0 amide bonds. The van der Waals surface area contributed by atoms with E-state index in [1.165, 1.54) is 0 Å². The zero-order chi connectivity index (χ0) is 19.1. The fourth-order valence-electron chi connectivity index (χ4n) is 4.19. The van der Waals surface area contributed by atoms with E-state index in [2.05, 4.69) is 15.6 Å². The van der Waals surface area contributed by atoms with E-state index in [9.17, 15) is 8.42 Å². The average molecular weight is 391 g/mol. The number of piperidine rings is 1. The summed E-state index contributed by atoms with van der Waals surface area (Å²) < 4.78 is 30.4. The number of nitrogens with zero attached hydrogens (tertiary/aromatic N) is 3. The smallest absolute Gasteiger partial charge is 0.243 e. The van der Waals surface area contributed by atoms with Gasteiger partial charge in [-0.15, -0.1) is 0 Å². The molecule has 0 N–H and O–H groups in total. The Bertz CT molecular complexity index is 1250. The first-order valence-corrected chi connectivity index (χ1v) is 11.0. The van der Waals surface area contributed by atoms with Gasteiger partial charge < -0.3 is 4.57 Å². The van der Waals surface area contributed by atoms with Gasteiger partial charge in [-0.05, 0) is 36.4 Å². The second-order valence-corrected chi connectivity index (χ2v) is 9.16. The second kappa shape index (κ2) is 6.72. The number of imidazole rings is 1. The number of hydrogen-bond donors (Lipinski definition) is 0. The topological polar surface area (TPSA) is 55.2 Å². The van der Waals surface area contributed by atoms with Gasteiger partial charge in [0, 0.05) is 24.5 Å². The molecule has 0 unspecified atom stereocenters. The summed E-state index contributed by atoms with van der Waals surface area (Å²) in [5, 5.41) is 1.73. The van der Waals surface area contributed by atoms with E-state index < -0.39 is 10.0 Å². The SMILES string of the molecule is O=S(=O)(c1cccc2ccccc12)N1CCC(n2cnc3ccccc32)CC1. The summed E-state index contributed by atoms with van der Waals surface area (Å²) >= 11 is 0. The van der Waals surface area contributed by atoms with Crippen LogP contribution < -0.4 is 0 Å². The van der Waals surface area contributed by atoms with E-state index in [1.807, 2.05) is 60.9 Å². The molecule has 28 heavy (non-hydrogen) atoms. The van der Waals surface area contributed by atoms with E-state index in [1.54, 1.807) is 10.4 Å². The summed E-state index contributed by atoms with van der Waals surface area (Å²) in [4.78, 5) is 4.87. The van der Waals surface area contributed by atoms with Crippen LogP contribution in [0.3, 0.4) is 0 Å². The summed E-state index contributed by atoms with van der Waals surface area (Å²) in [5.41, 5.74) is 2.09. The second-order valence-electron chi connectivity index (χ2n) is 7.25.